The lowest BCUT2D eigenvalue weighted by Crippen LogP contribution is -2.35. The van der Waals surface area contributed by atoms with E-state index in [2.05, 4.69) is 10.6 Å². The van der Waals surface area contributed by atoms with Gasteiger partial charge in [-0.05, 0) is 63.0 Å². The molecule has 0 amide bonds. The molecule has 0 atom stereocenters. The summed E-state index contributed by atoms with van der Waals surface area (Å²) in [5, 5.41) is 7.07. The Morgan fingerprint density at radius 2 is 1.53 bits per heavy atom. The fraction of sp³-hybridized carbons (Fsp3) is 0.250. The molecule has 7 nitrogen and oxygen atoms in total. The van der Waals surface area contributed by atoms with Crippen molar-refractivity contribution >= 4 is 28.9 Å². The molecule has 202 valence electrons. The Kier molecular flexibility index (Phi) is 9.25. The first-order valence-corrected chi connectivity index (χ1v) is 11.9. The summed E-state index contributed by atoms with van der Waals surface area (Å²) in [5.41, 5.74) is 13.9. The van der Waals surface area contributed by atoms with Gasteiger partial charge in [0, 0.05) is 34.1 Å². The van der Waals surface area contributed by atoms with Gasteiger partial charge in [0.15, 0.2) is 0 Å². The molecule has 0 radical (unpaired) electrons. The van der Waals surface area contributed by atoms with Gasteiger partial charge in [0.25, 0.3) is 0 Å². The van der Waals surface area contributed by atoms with E-state index >= 15 is 0 Å². The number of carbonyl (C=O) groups excluding carboxylic acids is 1. The minimum atomic E-state index is -4.53. The predicted molar refractivity (Wildman–Crippen MR) is 144 cm³/mol. The number of hydrogen-bond acceptors (Lipinski definition) is 7. The molecule has 0 aliphatic carbocycles. The van der Waals surface area contributed by atoms with Crippen LogP contribution in [0.3, 0.4) is 0 Å². The lowest BCUT2D eigenvalue weighted by atomic mass is 10.1. The van der Waals surface area contributed by atoms with Crippen molar-refractivity contribution in [2.75, 3.05) is 44.9 Å². The molecule has 0 saturated carbocycles. The van der Waals surface area contributed by atoms with Gasteiger partial charge in [-0.15, -0.1) is 0 Å². The van der Waals surface area contributed by atoms with E-state index in [4.69, 9.17) is 16.2 Å². The van der Waals surface area contributed by atoms with E-state index in [1.54, 1.807) is 54.6 Å². The number of esters is 1. The van der Waals surface area contributed by atoms with Crippen LogP contribution in [0.5, 0.6) is 0 Å². The third-order valence-electron chi connectivity index (χ3n) is 5.77. The molecule has 0 fully saturated rings. The first-order valence-electron chi connectivity index (χ1n) is 11.9. The first kappa shape index (κ1) is 28.4. The lowest BCUT2D eigenvalue weighted by molar-refractivity contribution is -0.137. The number of benzene rings is 3. The quantitative estimate of drug-likeness (QED) is 0.250. The molecule has 0 bridgehead atoms. The van der Waals surface area contributed by atoms with Gasteiger partial charge in [0.1, 0.15) is 5.82 Å². The van der Waals surface area contributed by atoms with E-state index in [-0.39, 0.29) is 11.5 Å². The molecule has 0 heterocycles. The van der Waals surface area contributed by atoms with Gasteiger partial charge in [-0.1, -0.05) is 36.4 Å². The van der Waals surface area contributed by atoms with Crippen LogP contribution in [0.1, 0.15) is 27.9 Å². The van der Waals surface area contributed by atoms with Crippen LogP contribution in [0.4, 0.5) is 24.5 Å². The molecular formula is C28H32F3N5O2. The van der Waals surface area contributed by atoms with Crippen LogP contribution in [-0.4, -0.2) is 45.2 Å². The molecule has 0 unspecified atom stereocenters. The fourth-order valence-electron chi connectivity index (χ4n) is 3.83. The summed E-state index contributed by atoms with van der Waals surface area (Å²) in [6, 6.07) is 17.2. The number of nitrogens with two attached hydrogens (primary N) is 2. The topological polar surface area (TPSA) is 106 Å². The number of ether oxygens (including phenoxy) is 1. The maximum absolute atomic E-state index is 13.6. The highest BCUT2D eigenvalue weighted by molar-refractivity contribution is 5.89. The van der Waals surface area contributed by atoms with Crippen LogP contribution < -0.4 is 32.5 Å². The molecule has 3 rings (SSSR count). The van der Waals surface area contributed by atoms with E-state index in [0.717, 1.165) is 25.1 Å². The smallest absolute Gasteiger partial charge is 0.416 e. The second-order valence-corrected chi connectivity index (χ2v) is 8.95. The third-order valence-corrected chi connectivity index (χ3v) is 5.77. The van der Waals surface area contributed by atoms with Crippen LogP contribution in [0, 0.1) is 0 Å². The number of nitrogens with zero attached hydrogens (tertiary/aromatic N) is 1. The molecular weight excluding hydrogens is 495 g/mol. The van der Waals surface area contributed by atoms with Crippen molar-refractivity contribution in [2.45, 2.75) is 12.6 Å². The molecule has 6 N–H and O–H groups in total. The van der Waals surface area contributed by atoms with Crippen molar-refractivity contribution in [3.8, 4) is 0 Å². The molecule has 0 aliphatic heterocycles. The SMILES string of the molecule is COC(=O)c1ccc(/C(N)=c2\cccc\c2=C(\N)Nc2cc(NCCCN(C)C)cc(C(F)(F)F)c2)cc1. The zero-order chi connectivity index (χ0) is 27.9. The predicted octanol–water partition coefficient (Wildman–Crippen LogP) is 3.11. The van der Waals surface area contributed by atoms with Crippen molar-refractivity contribution in [3.05, 3.63) is 93.9 Å². The second-order valence-electron chi connectivity index (χ2n) is 8.95. The van der Waals surface area contributed by atoms with Crippen LogP contribution >= 0.6 is 0 Å². The van der Waals surface area contributed by atoms with E-state index in [1.807, 2.05) is 19.0 Å². The monoisotopic (exact) mass is 527 g/mol. The molecule has 3 aromatic rings. The Hall–Kier alpha value is -4.18. The maximum Gasteiger partial charge on any atom is 0.416 e. The molecule has 3 aromatic carbocycles. The van der Waals surface area contributed by atoms with E-state index in [1.165, 1.54) is 7.11 Å². The summed E-state index contributed by atoms with van der Waals surface area (Å²) >= 11 is 0. The fourth-order valence-corrected chi connectivity index (χ4v) is 3.83. The number of methoxy groups -OCH3 is 1. The first-order chi connectivity index (χ1) is 18.0. The average Bonchev–Trinajstić information content (AvgIpc) is 2.89. The van der Waals surface area contributed by atoms with Crippen LogP contribution in [0.2, 0.25) is 0 Å². The van der Waals surface area contributed by atoms with Crippen molar-refractivity contribution in [1.82, 2.24) is 4.90 Å². The molecule has 0 aliphatic rings. The molecule has 0 spiro atoms. The van der Waals surface area contributed by atoms with Gasteiger partial charge in [-0.2, -0.15) is 13.2 Å². The second kappa shape index (κ2) is 12.4. The minimum Gasteiger partial charge on any atom is -0.465 e. The number of rotatable bonds is 9. The summed E-state index contributed by atoms with van der Waals surface area (Å²) in [4.78, 5) is 13.7. The Balaban J connectivity index is 2.00. The lowest BCUT2D eigenvalue weighted by Gasteiger charge is -2.16. The standard InChI is InChI=1S/C28H32F3N5O2/c1-36(2)14-6-13-34-21-15-20(28(29,30)31)16-22(17-21)35-26(33)24-8-5-4-7-23(24)25(32)18-9-11-19(12-10-18)27(37)38-3/h4-5,7-12,15-17,34-35H,6,13-14,32-33H2,1-3H3/b25-23-,26-24+. The number of alkyl halides is 3. The molecule has 10 heteroatoms. The normalized spacial score (nSPS) is 13.1. The van der Waals surface area contributed by atoms with Crippen LogP contribution in [0.25, 0.3) is 11.5 Å². The van der Waals surface area contributed by atoms with Gasteiger partial charge >= 0.3 is 12.1 Å². The number of nitrogens with one attached hydrogen (secondary N) is 2. The van der Waals surface area contributed by atoms with Gasteiger partial charge in [0.2, 0.25) is 0 Å². The van der Waals surface area contributed by atoms with E-state index in [9.17, 15) is 18.0 Å². The minimum absolute atomic E-state index is 0.132. The molecule has 0 aromatic heterocycles. The van der Waals surface area contributed by atoms with Crippen LogP contribution in [-0.2, 0) is 10.9 Å². The number of halogens is 3. The molecule has 38 heavy (non-hydrogen) atoms. The highest BCUT2D eigenvalue weighted by Crippen LogP contribution is 2.33. The summed E-state index contributed by atoms with van der Waals surface area (Å²) < 4.78 is 45.6. The Bertz CT molecular complexity index is 1390. The van der Waals surface area contributed by atoms with Gasteiger partial charge in [-0.25, -0.2) is 4.79 Å². The van der Waals surface area contributed by atoms with Gasteiger partial charge in [0.05, 0.1) is 18.2 Å². The highest BCUT2D eigenvalue weighted by atomic mass is 19.4. The summed E-state index contributed by atoms with van der Waals surface area (Å²) in [7, 11) is 5.17. The molecule has 0 saturated heterocycles. The summed E-state index contributed by atoms with van der Waals surface area (Å²) in [6.07, 6.45) is -3.76. The van der Waals surface area contributed by atoms with Crippen molar-refractivity contribution in [2.24, 2.45) is 11.5 Å². The van der Waals surface area contributed by atoms with Crippen molar-refractivity contribution in [1.29, 1.82) is 0 Å². The highest BCUT2D eigenvalue weighted by Gasteiger charge is 2.31. The van der Waals surface area contributed by atoms with Gasteiger partial charge < -0.3 is 31.7 Å². The van der Waals surface area contributed by atoms with E-state index < -0.39 is 17.7 Å². The summed E-state index contributed by atoms with van der Waals surface area (Å²) in [5.74, 6) is -0.336. The number of hydrogen-bond donors (Lipinski definition) is 4. The van der Waals surface area contributed by atoms with Gasteiger partial charge in [-0.3, -0.25) is 0 Å². The van der Waals surface area contributed by atoms with Crippen LogP contribution in [0.15, 0.2) is 66.7 Å². The Morgan fingerprint density at radius 1 is 0.921 bits per heavy atom. The number of anilines is 2. The largest absolute Gasteiger partial charge is 0.465 e. The average molecular weight is 528 g/mol. The zero-order valence-corrected chi connectivity index (χ0v) is 21.5. The van der Waals surface area contributed by atoms with Crippen molar-refractivity contribution in [3.63, 3.8) is 0 Å². The zero-order valence-electron chi connectivity index (χ0n) is 21.5. The number of carbonyl (C=O) groups is 1. The maximum atomic E-state index is 13.6. The summed E-state index contributed by atoms with van der Waals surface area (Å²) in [6.45, 7) is 1.32. The van der Waals surface area contributed by atoms with Crippen molar-refractivity contribution < 1.29 is 22.7 Å². The third kappa shape index (κ3) is 7.42. The Labute approximate surface area is 219 Å². The Morgan fingerprint density at radius 3 is 2.13 bits per heavy atom. The van der Waals surface area contributed by atoms with E-state index in [0.29, 0.717) is 39.5 Å².